The van der Waals surface area contributed by atoms with Crippen molar-refractivity contribution in [2.75, 3.05) is 12.5 Å². The van der Waals surface area contributed by atoms with Gasteiger partial charge in [-0.2, -0.15) is 10.0 Å². The number of carbonyl (C=O) groups is 1. The Morgan fingerprint density at radius 2 is 1.78 bits per heavy atom. The molecule has 2 aromatic rings. The van der Waals surface area contributed by atoms with E-state index in [-0.39, 0.29) is 17.6 Å². The molecule has 1 saturated carbocycles. The van der Waals surface area contributed by atoms with Gasteiger partial charge in [-0.15, -0.1) is 0 Å². The Morgan fingerprint density at radius 3 is 2.42 bits per heavy atom. The van der Waals surface area contributed by atoms with E-state index in [1.807, 2.05) is 25.8 Å². The molecule has 1 fully saturated rings. The molecule has 0 radical (unpaired) electrons. The number of hydrazine groups is 1. The van der Waals surface area contributed by atoms with Gasteiger partial charge >= 0.3 is 0 Å². The maximum absolute atomic E-state index is 15.3. The van der Waals surface area contributed by atoms with Crippen molar-refractivity contribution in [1.82, 2.24) is 15.6 Å². The number of benzene rings is 2. The predicted molar refractivity (Wildman–Crippen MR) is 132 cm³/mol. The SMILES string of the molecule is COc1cc(F)c2c(c1)NN(C1CCCCC1)C2N/C(=N/C(=O)c1ccc(F)c(F)c1)NC(C)(C)C. The monoisotopic (exact) mass is 503 g/mol. The number of hydrogen-bond acceptors (Lipinski definition) is 4. The van der Waals surface area contributed by atoms with Crippen molar-refractivity contribution in [2.24, 2.45) is 4.99 Å². The van der Waals surface area contributed by atoms with Crippen LogP contribution in [0.1, 0.15) is 75.0 Å². The van der Waals surface area contributed by atoms with Crippen LogP contribution in [0.2, 0.25) is 0 Å². The first kappa shape index (κ1) is 25.8. The molecule has 0 bridgehead atoms. The Balaban J connectivity index is 1.71. The summed E-state index contributed by atoms with van der Waals surface area (Å²) in [5.74, 6) is -2.94. The summed E-state index contributed by atoms with van der Waals surface area (Å²) in [5.41, 5.74) is 3.66. The second kappa shape index (κ2) is 10.4. The first-order valence-corrected chi connectivity index (χ1v) is 12.1. The van der Waals surface area contributed by atoms with Crippen molar-refractivity contribution in [3.8, 4) is 5.75 Å². The highest BCUT2D eigenvalue weighted by atomic mass is 19.2. The topological polar surface area (TPSA) is 78.0 Å². The van der Waals surface area contributed by atoms with Crippen LogP contribution in [0.25, 0.3) is 0 Å². The van der Waals surface area contributed by atoms with E-state index in [2.05, 4.69) is 21.1 Å². The molecule has 10 heteroatoms. The molecule has 1 atom stereocenters. The highest BCUT2D eigenvalue weighted by Gasteiger charge is 2.39. The summed E-state index contributed by atoms with van der Waals surface area (Å²) in [4.78, 5) is 17.0. The number of anilines is 1. The number of carbonyl (C=O) groups excluding carboxylic acids is 1. The van der Waals surface area contributed by atoms with Gasteiger partial charge in [0.25, 0.3) is 5.91 Å². The van der Waals surface area contributed by atoms with Gasteiger partial charge in [-0.3, -0.25) is 4.79 Å². The van der Waals surface area contributed by atoms with E-state index in [9.17, 15) is 13.6 Å². The molecule has 2 aromatic carbocycles. The smallest absolute Gasteiger partial charge is 0.280 e. The Morgan fingerprint density at radius 1 is 1.06 bits per heavy atom. The van der Waals surface area contributed by atoms with Gasteiger partial charge in [0.2, 0.25) is 5.96 Å². The Kier molecular flexibility index (Phi) is 7.44. The summed E-state index contributed by atoms with van der Waals surface area (Å²) in [7, 11) is 1.48. The number of aliphatic imine (C=N–C) groups is 1. The molecule has 1 amide bonds. The molecule has 1 aliphatic heterocycles. The maximum Gasteiger partial charge on any atom is 0.280 e. The number of fused-ring (bicyclic) bond motifs is 1. The van der Waals surface area contributed by atoms with Gasteiger partial charge in [-0.1, -0.05) is 19.3 Å². The molecule has 194 valence electrons. The third-order valence-electron chi connectivity index (χ3n) is 6.25. The Bertz CT molecular complexity index is 1160. The fourth-order valence-corrected chi connectivity index (χ4v) is 4.60. The summed E-state index contributed by atoms with van der Waals surface area (Å²) in [6.45, 7) is 5.66. The zero-order chi connectivity index (χ0) is 26.0. The van der Waals surface area contributed by atoms with E-state index < -0.39 is 35.1 Å². The predicted octanol–water partition coefficient (Wildman–Crippen LogP) is 5.26. The fraction of sp³-hybridized carbons (Fsp3) is 0.462. The van der Waals surface area contributed by atoms with Crippen LogP contribution in [0.5, 0.6) is 5.75 Å². The summed E-state index contributed by atoms with van der Waals surface area (Å²) in [5, 5.41) is 8.34. The van der Waals surface area contributed by atoms with Gasteiger partial charge in [-0.25, -0.2) is 13.2 Å². The number of nitrogens with one attached hydrogen (secondary N) is 3. The molecular weight excluding hydrogens is 471 g/mol. The molecule has 2 aliphatic rings. The van der Waals surface area contributed by atoms with Crippen molar-refractivity contribution < 1.29 is 22.7 Å². The third kappa shape index (κ3) is 5.75. The van der Waals surface area contributed by atoms with Crippen molar-refractivity contribution in [1.29, 1.82) is 0 Å². The quantitative estimate of drug-likeness (QED) is 0.390. The lowest BCUT2D eigenvalue weighted by Gasteiger charge is -2.36. The normalized spacial score (nSPS) is 19.0. The second-order valence-corrected chi connectivity index (χ2v) is 10.2. The van der Waals surface area contributed by atoms with Gasteiger partial charge in [0, 0.05) is 29.3 Å². The molecule has 1 unspecified atom stereocenters. The average Bonchev–Trinajstić information content (AvgIpc) is 3.18. The minimum Gasteiger partial charge on any atom is -0.497 e. The summed E-state index contributed by atoms with van der Waals surface area (Å²) >= 11 is 0. The Hall–Kier alpha value is -3.27. The molecule has 3 N–H and O–H groups in total. The third-order valence-corrected chi connectivity index (χ3v) is 6.25. The summed E-state index contributed by atoms with van der Waals surface area (Å²) in [6, 6.07) is 6.05. The highest BCUT2D eigenvalue weighted by molar-refractivity contribution is 6.02. The van der Waals surface area contributed by atoms with Crippen molar-refractivity contribution in [2.45, 2.75) is 70.6 Å². The number of ether oxygens (including phenoxy) is 1. The standard InChI is InChI=1S/C26H32F3N5O2/c1-26(2,3)32-25(31-24(35)15-10-11-18(27)19(28)12-15)30-23-22-20(29)13-17(36-4)14-21(22)33-34(23)16-8-6-5-7-9-16/h10-14,16,23,33H,5-9H2,1-4H3,(H2,30,31,32,35). The van der Waals surface area contributed by atoms with Crippen molar-refractivity contribution >= 4 is 17.6 Å². The van der Waals surface area contributed by atoms with E-state index in [0.717, 1.165) is 44.2 Å². The Labute approximate surface area is 209 Å². The first-order valence-electron chi connectivity index (χ1n) is 12.1. The lowest BCUT2D eigenvalue weighted by Crippen LogP contribution is -2.53. The van der Waals surface area contributed by atoms with Crippen LogP contribution in [0.4, 0.5) is 18.9 Å². The van der Waals surface area contributed by atoms with Gasteiger partial charge in [-0.05, 0) is 51.8 Å². The number of nitrogens with zero attached hydrogens (tertiary/aromatic N) is 2. The number of halogens is 3. The zero-order valence-corrected chi connectivity index (χ0v) is 20.9. The van der Waals surface area contributed by atoms with Crippen LogP contribution in [0.15, 0.2) is 35.3 Å². The molecule has 4 rings (SSSR count). The van der Waals surface area contributed by atoms with Crippen LogP contribution < -0.4 is 20.8 Å². The highest BCUT2D eigenvalue weighted by Crippen LogP contribution is 2.41. The molecule has 7 nitrogen and oxygen atoms in total. The van der Waals surface area contributed by atoms with Gasteiger partial charge in [0.15, 0.2) is 11.6 Å². The van der Waals surface area contributed by atoms with E-state index >= 15 is 4.39 Å². The lowest BCUT2D eigenvalue weighted by atomic mass is 9.94. The number of guanidine groups is 1. The van der Waals surface area contributed by atoms with Crippen molar-refractivity contribution in [3.63, 3.8) is 0 Å². The van der Waals surface area contributed by atoms with Crippen LogP contribution >= 0.6 is 0 Å². The molecule has 36 heavy (non-hydrogen) atoms. The van der Waals surface area contributed by atoms with Crippen LogP contribution in [0, 0.1) is 17.5 Å². The lowest BCUT2D eigenvalue weighted by molar-refractivity contribution is 0.0999. The number of rotatable bonds is 4. The molecule has 1 heterocycles. The molecule has 0 aromatic heterocycles. The molecule has 0 saturated heterocycles. The largest absolute Gasteiger partial charge is 0.497 e. The van der Waals surface area contributed by atoms with E-state index in [4.69, 9.17) is 4.74 Å². The van der Waals surface area contributed by atoms with Crippen LogP contribution in [-0.2, 0) is 0 Å². The van der Waals surface area contributed by atoms with Crippen LogP contribution in [-0.4, -0.2) is 35.6 Å². The zero-order valence-electron chi connectivity index (χ0n) is 20.9. The van der Waals surface area contributed by atoms with Gasteiger partial charge < -0.3 is 20.8 Å². The van der Waals surface area contributed by atoms with Gasteiger partial charge in [0.1, 0.15) is 17.7 Å². The molecule has 1 aliphatic carbocycles. The second-order valence-electron chi connectivity index (χ2n) is 10.2. The van der Waals surface area contributed by atoms with E-state index in [1.165, 1.54) is 19.2 Å². The number of methoxy groups -OCH3 is 1. The molecular formula is C26H32F3N5O2. The summed E-state index contributed by atoms with van der Waals surface area (Å²) in [6.07, 6.45) is 4.47. The number of hydrogen-bond donors (Lipinski definition) is 3. The average molecular weight is 504 g/mol. The maximum atomic E-state index is 15.3. The molecule has 0 spiro atoms. The minimum atomic E-state index is -1.14. The van der Waals surface area contributed by atoms with Crippen LogP contribution in [0.3, 0.4) is 0 Å². The number of amides is 1. The van der Waals surface area contributed by atoms with Gasteiger partial charge in [0.05, 0.1) is 18.4 Å². The summed E-state index contributed by atoms with van der Waals surface area (Å²) < 4.78 is 47.7. The first-order chi connectivity index (χ1) is 17.1. The minimum absolute atomic E-state index is 0.0907. The van der Waals surface area contributed by atoms with E-state index in [0.29, 0.717) is 17.0 Å². The van der Waals surface area contributed by atoms with Crippen molar-refractivity contribution in [3.05, 3.63) is 58.9 Å². The van der Waals surface area contributed by atoms with E-state index in [1.54, 1.807) is 6.07 Å². The fourth-order valence-electron chi connectivity index (χ4n) is 4.60.